The van der Waals surface area contributed by atoms with Crippen LogP contribution in [0.25, 0.3) is 22.3 Å². The molecule has 0 bridgehead atoms. The number of aromatic nitrogens is 1. The van der Waals surface area contributed by atoms with Gasteiger partial charge in [0.1, 0.15) is 5.82 Å². The summed E-state index contributed by atoms with van der Waals surface area (Å²) < 4.78 is 0. The molecule has 6 heteroatoms. The van der Waals surface area contributed by atoms with Crippen LogP contribution in [0, 0.1) is 0 Å². The van der Waals surface area contributed by atoms with Crippen LogP contribution in [0.5, 0.6) is 0 Å². The van der Waals surface area contributed by atoms with Crippen molar-refractivity contribution in [3.63, 3.8) is 0 Å². The van der Waals surface area contributed by atoms with Crippen LogP contribution in [0.3, 0.4) is 0 Å². The molecule has 2 aromatic heterocycles. The molecule has 1 aliphatic rings. The van der Waals surface area contributed by atoms with Crippen LogP contribution in [-0.2, 0) is 5.54 Å². The minimum absolute atomic E-state index is 0.445. The maximum absolute atomic E-state index is 11.1. The highest BCUT2D eigenvalue weighted by molar-refractivity contribution is 7.08. The number of nitrogens with zero attached hydrogens (tertiary/aromatic N) is 1. The number of nitrogen functional groups attached to an aromatic ring is 1. The van der Waals surface area contributed by atoms with E-state index in [-0.39, 0.29) is 0 Å². The van der Waals surface area contributed by atoms with Gasteiger partial charge in [-0.05, 0) is 64.4 Å². The van der Waals surface area contributed by atoms with Gasteiger partial charge >= 0.3 is 6.09 Å². The molecule has 1 aliphatic carbocycles. The second-order valence-electron chi connectivity index (χ2n) is 6.61. The monoisotopic (exact) mass is 365 g/mol. The first-order chi connectivity index (χ1) is 12.6. The van der Waals surface area contributed by atoms with E-state index >= 15 is 0 Å². The molecule has 132 valence electrons. The molecule has 26 heavy (non-hydrogen) atoms. The van der Waals surface area contributed by atoms with E-state index in [4.69, 9.17) is 10.8 Å². The third kappa shape index (κ3) is 2.93. The van der Waals surface area contributed by atoms with E-state index in [0.29, 0.717) is 5.82 Å². The van der Waals surface area contributed by atoms with Crippen molar-refractivity contribution in [1.29, 1.82) is 0 Å². The number of hydrogen-bond donors (Lipinski definition) is 3. The Morgan fingerprint density at radius 3 is 2.50 bits per heavy atom. The predicted molar refractivity (Wildman–Crippen MR) is 104 cm³/mol. The quantitative estimate of drug-likeness (QED) is 0.625. The van der Waals surface area contributed by atoms with Crippen molar-refractivity contribution in [1.82, 2.24) is 10.3 Å². The fourth-order valence-electron chi connectivity index (χ4n) is 3.55. The summed E-state index contributed by atoms with van der Waals surface area (Å²) in [7, 11) is 0. The van der Waals surface area contributed by atoms with Gasteiger partial charge in [0.2, 0.25) is 0 Å². The van der Waals surface area contributed by atoms with Crippen molar-refractivity contribution < 1.29 is 9.90 Å². The Balaban J connectivity index is 1.71. The van der Waals surface area contributed by atoms with Gasteiger partial charge < -0.3 is 16.2 Å². The number of amides is 1. The van der Waals surface area contributed by atoms with Crippen LogP contribution < -0.4 is 11.1 Å². The second-order valence-corrected chi connectivity index (χ2v) is 7.39. The third-order valence-electron chi connectivity index (χ3n) is 5.06. The zero-order valence-corrected chi connectivity index (χ0v) is 14.9. The topological polar surface area (TPSA) is 88.2 Å². The standard InChI is InChI=1S/C20H19N3O2S/c21-18-10-16(14-6-9-26-12-14)17(11-22-18)13-2-4-15(5-3-13)20(7-1-8-20)23-19(24)25/h2-6,9-12,23H,1,7-8H2,(H2,21,22)(H,24,25). The van der Waals surface area contributed by atoms with E-state index in [1.807, 2.05) is 35.7 Å². The highest BCUT2D eigenvalue weighted by Crippen LogP contribution is 2.42. The second kappa shape index (κ2) is 6.46. The Hall–Kier alpha value is -2.86. The maximum atomic E-state index is 11.1. The molecule has 1 amide bonds. The van der Waals surface area contributed by atoms with E-state index in [0.717, 1.165) is 47.1 Å². The molecule has 1 aromatic carbocycles. The Morgan fingerprint density at radius 1 is 1.15 bits per heavy atom. The van der Waals surface area contributed by atoms with Crippen molar-refractivity contribution in [3.8, 4) is 22.3 Å². The fraction of sp³-hybridized carbons (Fsp3) is 0.200. The molecule has 4 N–H and O–H groups in total. The minimum Gasteiger partial charge on any atom is -0.465 e. The number of hydrogen-bond acceptors (Lipinski definition) is 4. The average Bonchev–Trinajstić information content (AvgIpc) is 3.13. The molecule has 3 aromatic rings. The van der Waals surface area contributed by atoms with E-state index in [2.05, 4.69) is 21.7 Å². The molecule has 0 aliphatic heterocycles. The summed E-state index contributed by atoms with van der Waals surface area (Å²) >= 11 is 1.64. The summed E-state index contributed by atoms with van der Waals surface area (Å²) in [6, 6.07) is 12.0. The number of nitrogens with two attached hydrogens (primary N) is 1. The summed E-state index contributed by atoms with van der Waals surface area (Å²) in [6.07, 6.45) is 3.53. The van der Waals surface area contributed by atoms with E-state index < -0.39 is 11.6 Å². The molecule has 0 spiro atoms. The average molecular weight is 365 g/mol. The number of thiophene rings is 1. The van der Waals surface area contributed by atoms with Crippen LogP contribution in [-0.4, -0.2) is 16.2 Å². The Bertz CT molecular complexity index is 932. The number of carboxylic acid groups (broad SMARTS) is 1. The lowest BCUT2D eigenvalue weighted by Crippen LogP contribution is -2.50. The third-order valence-corrected chi connectivity index (χ3v) is 5.74. The number of benzene rings is 1. The summed E-state index contributed by atoms with van der Waals surface area (Å²) in [5.74, 6) is 0.491. The fourth-order valence-corrected chi connectivity index (χ4v) is 4.20. The zero-order chi connectivity index (χ0) is 18.1. The lowest BCUT2D eigenvalue weighted by Gasteiger charge is -2.42. The summed E-state index contributed by atoms with van der Waals surface area (Å²) in [5, 5.41) is 16.0. The van der Waals surface area contributed by atoms with E-state index in [9.17, 15) is 4.79 Å². The van der Waals surface area contributed by atoms with Gasteiger partial charge in [-0.15, -0.1) is 0 Å². The first-order valence-corrected chi connectivity index (χ1v) is 9.42. The first kappa shape index (κ1) is 16.6. The Morgan fingerprint density at radius 2 is 1.92 bits per heavy atom. The summed E-state index contributed by atoms with van der Waals surface area (Å²) in [4.78, 5) is 15.4. The molecule has 0 unspecified atom stereocenters. The highest BCUT2D eigenvalue weighted by Gasteiger charge is 2.40. The molecule has 2 heterocycles. The van der Waals surface area contributed by atoms with Gasteiger partial charge in [0.05, 0.1) is 5.54 Å². The molecule has 0 saturated heterocycles. The highest BCUT2D eigenvalue weighted by atomic mass is 32.1. The van der Waals surface area contributed by atoms with Crippen LogP contribution in [0.15, 0.2) is 53.4 Å². The van der Waals surface area contributed by atoms with Crippen molar-refractivity contribution in [3.05, 3.63) is 58.9 Å². The molecule has 4 rings (SSSR count). The van der Waals surface area contributed by atoms with E-state index in [1.165, 1.54) is 0 Å². The molecule has 0 radical (unpaired) electrons. The zero-order valence-electron chi connectivity index (χ0n) is 14.1. The Labute approximate surface area is 155 Å². The molecular formula is C20H19N3O2S. The maximum Gasteiger partial charge on any atom is 0.405 e. The smallest absolute Gasteiger partial charge is 0.405 e. The largest absolute Gasteiger partial charge is 0.465 e. The van der Waals surface area contributed by atoms with Crippen LogP contribution in [0.2, 0.25) is 0 Å². The SMILES string of the molecule is Nc1cc(-c2ccsc2)c(-c2ccc(C3(NC(=O)O)CCC3)cc2)cn1. The predicted octanol–water partition coefficient (Wildman–Crippen LogP) is 4.71. The molecule has 1 saturated carbocycles. The number of nitrogens with one attached hydrogen (secondary N) is 1. The molecular weight excluding hydrogens is 346 g/mol. The number of rotatable bonds is 4. The van der Waals surface area contributed by atoms with Gasteiger partial charge in [-0.2, -0.15) is 11.3 Å². The number of anilines is 1. The van der Waals surface area contributed by atoms with Crippen molar-refractivity contribution >= 4 is 23.2 Å². The van der Waals surface area contributed by atoms with Crippen molar-refractivity contribution in [2.45, 2.75) is 24.8 Å². The van der Waals surface area contributed by atoms with Gasteiger partial charge in [0.25, 0.3) is 0 Å². The number of carbonyl (C=O) groups is 1. The Kier molecular flexibility index (Phi) is 4.12. The van der Waals surface area contributed by atoms with Crippen LogP contribution >= 0.6 is 11.3 Å². The van der Waals surface area contributed by atoms with Gasteiger partial charge in [-0.1, -0.05) is 24.3 Å². The van der Waals surface area contributed by atoms with Gasteiger partial charge in [-0.25, -0.2) is 9.78 Å². The van der Waals surface area contributed by atoms with Crippen LogP contribution in [0.4, 0.5) is 10.6 Å². The lowest BCUT2D eigenvalue weighted by molar-refractivity contribution is 0.144. The van der Waals surface area contributed by atoms with Gasteiger partial charge in [0, 0.05) is 11.8 Å². The molecule has 1 fully saturated rings. The minimum atomic E-state index is -0.976. The van der Waals surface area contributed by atoms with E-state index in [1.54, 1.807) is 17.5 Å². The lowest BCUT2D eigenvalue weighted by atomic mass is 9.71. The van der Waals surface area contributed by atoms with Gasteiger partial charge in [0.15, 0.2) is 0 Å². The first-order valence-electron chi connectivity index (χ1n) is 8.47. The van der Waals surface area contributed by atoms with Crippen molar-refractivity contribution in [2.75, 3.05) is 5.73 Å². The van der Waals surface area contributed by atoms with Crippen LogP contribution in [0.1, 0.15) is 24.8 Å². The normalized spacial score (nSPS) is 15.2. The summed E-state index contributed by atoms with van der Waals surface area (Å²) in [5.41, 5.74) is 10.7. The molecule has 5 nitrogen and oxygen atoms in total. The summed E-state index contributed by atoms with van der Waals surface area (Å²) in [6.45, 7) is 0. The molecule has 0 atom stereocenters. The van der Waals surface area contributed by atoms with Gasteiger partial charge in [-0.3, -0.25) is 0 Å². The number of pyridine rings is 1. The van der Waals surface area contributed by atoms with Crippen molar-refractivity contribution in [2.24, 2.45) is 0 Å².